The van der Waals surface area contributed by atoms with Gasteiger partial charge in [0.15, 0.2) is 0 Å². The van der Waals surface area contributed by atoms with Gasteiger partial charge < -0.3 is 9.47 Å². The van der Waals surface area contributed by atoms with Gasteiger partial charge in [-0.1, -0.05) is 36.4 Å². The van der Waals surface area contributed by atoms with Gasteiger partial charge in [0.1, 0.15) is 11.5 Å². The smallest absolute Gasteiger partial charge is 0.343 e. The molecule has 0 aromatic heterocycles. The lowest BCUT2D eigenvalue weighted by atomic mass is 9.97. The minimum Gasteiger partial charge on any atom is -0.493 e. The topological polar surface area (TPSA) is 35.5 Å². The Labute approximate surface area is 175 Å². The second-order valence-corrected chi connectivity index (χ2v) is 8.49. The molecule has 3 heteroatoms. The number of hydrogen-bond acceptors (Lipinski definition) is 3. The third-order valence-corrected chi connectivity index (χ3v) is 6.28. The average molecular weight is 394 g/mol. The van der Waals surface area contributed by atoms with Crippen molar-refractivity contribution in [1.29, 1.82) is 0 Å². The third-order valence-electron chi connectivity index (χ3n) is 6.28. The summed E-state index contributed by atoms with van der Waals surface area (Å²) >= 11 is 0. The Balaban J connectivity index is 1.20. The maximum atomic E-state index is 12.7. The van der Waals surface area contributed by atoms with Gasteiger partial charge in [-0.3, -0.25) is 0 Å². The Bertz CT molecular complexity index is 1230. The quantitative estimate of drug-likeness (QED) is 0.377. The first-order chi connectivity index (χ1) is 14.7. The van der Waals surface area contributed by atoms with Gasteiger partial charge in [-0.25, -0.2) is 4.79 Å². The van der Waals surface area contributed by atoms with Gasteiger partial charge in [-0.15, -0.1) is 0 Å². The minimum absolute atomic E-state index is 0.336. The molecule has 1 atom stereocenters. The summed E-state index contributed by atoms with van der Waals surface area (Å²) in [5, 5.41) is 2.06. The molecule has 0 aliphatic heterocycles. The molecule has 148 valence electrons. The van der Waals surface area contributed by atoms with E-state index in [2.05, 4.69) is 24.3 Å². The van der Waals surface area contributed by atoms with Crippen molar-refractivity contribution in [2.75, 3.05) is 6.61 Å². The van der Waals surface area contributed by atoms with Crippen molar-refractivity contribution >= 4 is 22.8 Å². The number of esters is 1. The summed E-state index contributed by atoms with van der Waals surface area (Å²) in [6.45, 7) is 0.796. The Morgan fingerprint density at radius 1 is 0.933 bits per heavy atom. The van der Waals surface area contributed by atoms with Crippen molar-refractivity contribution < 1.29 is 14.3 Å². The molecule has 1 saturated carbocycles. The Morgan fingerprint density at radius 3 is 2.67 bits per heavy atom. The van der Waals surface area contributed by atoms with Gasteiger partial charge in [0, 0.05) is 5.92 Å². The minimum atomic E-state index is -0.336. The third kappa shape index (κ3) is 3.21. The predicted molar refractivity (Wildman–Crippen MR) is 118 cm³/mol. The highest BCUT2D eigenvalue weighted by Crippen LogP contribution is 2.44. The number of carbonyl (C=O) groups excluding carboxylic acids is 1. The van der Waals surface area contributed by atoms with E-state index in [4.69, 9.17) is 9.47 Å². The van der Waals surface area contributed by atoms with E-state index in [-0.39, 0.29) is 5.97 Å². The highest BCUT2D eigenvalue weighted by molar-refractivity contribution is 5.96. The molecule has 30 heavy (non-hydrogen) atoms. The molecule has 3 aromatic carbocycles. The maximum absolute atomic E-state index is 12.7. The number of allylic oxidation sites excluding steroid dienone is 3. The van der Waals surface area contributed by atoms with Crippen LogP contribution in [0.3, 0.4) is 0 Å². The van der Waals surface area contributed by atoms with Gasteiger partial charge in [0.25, 0.3) is 0 Å². The molecule has 3 aliphatic carbocycles. The SMILES string of the molecule is O=C(Oc1ccc2c(c1)C=C1C=CCC12)c1ccc2cc(OCC3CC3)ccc2c1. The van der Waals surface area contributed by atoms with E-state index in [0.29, 0.717) is 17.2 Å². The summed E-state index contributed by atoms with van der Waals surface area (Å²) in [6.07, 6.45) is 10.2. The monoisotopic (exact) mass is 394 g/mol. The molecule has 1 unspecified atom stereocenters. The lowest BCUT2D eigenvalue weighted by molar-refractivity contribution is 0.0735. The molecule has 3 aliphatic rings. The molecule has 0 bridgehead atoms. The van der Waals surface area contributed by atoms with Crippen LogP contribution in [0.5, 0.6) is 11.5 Å². The number of rotatable bonds is 5. The molecule has 0 amide bonds. The maximum Gasteiger partial charge on any atom is 0.343 e. The summed E-state index contributed by atoms with van der Waals surface area (Å²) in [5.74, 6) is 2.34. The van der Waals surface area contributed by atoms with Crippen LogP contribution in [0.15, 0.2) is 72.3 Å². The molecule has 6 rings (SSSR count). The van der Waals surface area contributed by atoms with E-state index in [1.807, 2.05) is 48.5 Å². The van der Waals surface area contributed by atoms with Crippen LogP contribution in [0, 0.1) is 5.92 Å². The fourth-order valence-electron chi connectivity index (χ4n) is 4.39. The summed E-state index contributed by atoms with van der Waals surface area (Å²) in [6, 6.07) is 17.6. The first-order valence-corrected chi connectivity index (χ1v) is 10.6. The highest BCUT2D eigenvalue weighted by Gasteiger charge is 2.26. The van der Waals surface area contributed by atoms with Crippen LogP contribution < -0.4 is 9.47 Å². The molecule has 3 aromatic rings. The van der Waals surface area contributed by atoms with Crippen LogP contribution in [0.2, 0.25) is 0 Å². The molecule has 0 N–H and O–H groups in total. The zero-order chi connectivity index (χ0) is 20.1. The van der Waals surface area contributed by atoms with E-state index in [1.165, 1.54) is 24.0 Å². The number of hydrogen-bond donors (Lipinski definition) is 0. The van der Waals surface area contributed by atoms with E-state index in [1.54, 1.807) is 0 Å². The van der Waals surface area contributed by atoms with Gasteiger partial charge in [0.05, 0.1) is 12.2 Å². The van der Waals surface area contributed by atoms with Crippen molar-refractivity contribution in [3.63, 3.8) is 0 Å². The van der Waals surface area contributed by atoms with Gasteiger partial charge >= 0.3 is 5.97 Å². The lowest BCUT2D eigenvalue weighted by Gasteiger charge is -2.11. The zero-order valence-corrected chi connectivity index (χ0v) is 16.6. The van der Waals surface area contributed by atoms with Crippen LogP contribution >= 0.6 is 0 Å². The van der Waals surface area contributed by atoms with Crippen molar-refractivity contribution in [3.8, 4) is 11.5 Å². The van der Waals surface area contributed by atoms with Crippen LogP contribution in [0.4, 0.5) is 0 Å². The molecule has 3 nitrogen and oxygen atoms in total. The second-order valence-electron chi connectivity index (χ2n) is 8.49. The zero-order valence-electron chi connectivity index (χ0n) is 16.6. The number of ether oxygens (including phenoxy) is 2. The van der Waals surface area contributed by atoms with Gasteiger partial charge in [0.2, 0.25) is 0 Å². The number of carbonyl (C=O) groups is 1. The van der Waals surface area contributed by atoms with Crippen LogP contribution in [0.25, 0.3) is 16.8 Å². The van der Waals surface area contributed by atoms with Crippen molar-refractivity contribution in [3.05, 3.63) is 89.0 Å². The fraction of sp³-hybridized carbons (Fsp3) is 0.222. The second kappa shape index (κ2) is 6.88. The van der Waals surface area contributed by atoms with E-state index >= 15 is 0 Å². The standard InChI is InChI=1S/C27H22O3/c28-27(30-24-10-11-26-22(15-24)13-20-2-1-3-25(20)26)21-7-6-19-14-23(9-8-18(19)12-21)29-16-17-4-5-17/h1-2,6-15,17,25H,3-5,16H2. The van der Waals surface area contributed by atoms with E-state index in [0.717, 1.165) is 41.0 Å². The first-order valence-electron chi connectivity index (χ1n) is 10.6. The summed E-state index contributed by atoms with van der Waals surface area (Å²) in [4.78, 5) is 12.7. The molecular formula is C27H22O3. The average Bonchev–Trinajstić information content (AvgIpc) is 3.38. The summed E-state index contributed by atoms with van der Waals surface area (Å²) < 4.78 is 11.5. The Morgan fingerprint density at radius 2 is 1.77 bits per heavy atom. The Kier molecular flexibility index (Phi) is 4.02. The van der Waals surface area contributed by atoms with Crippen LogP contribution in [-0.2, 0) is 0 Å². The first kappa shape index (κ1) is 17.5. The molecule has 1 fully saturated rings. The normalized spacial score (nSPS) is 18.8. The molecule has 0 radical (unpaired) electrons. The summed E-state index contributed by atoms with van der Waals surface area (Å²) in [5.41, 5.74) is 4.37. The van der Waals surface area contributed by atoms with Gasteiger partial charge in [-0.2, -0.15) is 0 Å². The molecule has 0 heterocycles. The number of benzene rings is 3. The largest absolute Gasteiger partial charge is 0.493 e. The van der Waals surface area contributed by atoms with Gasteiger partial charge in [-0.05, 0) is 89.1 Å². The van der Waals surface area contributed by atoms with Crippen molar-refractivity contribution in [2.24, 2.45) is 5.92 Å². The molecular weight excluding hydrogens is 372 g/mol. The van der Waals surface area contributed by atoms with E-state index in [9.17, 15) is 4.79 Å². The predicted octanol–water partition coefficient (Wildman–Crippen LogP) is 6.29. The van der Waals surface area contributed by atoms with Crippen LogP contribution in [0.1, 0.15) is 46.7 Å². The Hall–Kier alpha value is -3.33. The summed E-state index contributed by atoms with van der Waals surface area (Å²) in [7, 11) is 0. The van der Waals surface area contributed by atoms with E-state index < -0.39 is 0 Å². The van der Waals surface area contributed by atoms with Crippen molar-refractivity contribution in [1.82, 2.24) is 0 Å². The fourth-order valence-corrected chi connectivity index (χ4v) is 4.39. The highest BCUT2D eigenvalue weighted by atomic mass is 16.5. The van der Waals surface area contributed by atoms with Crippen LogP contribution in [-0.4, -0.2) is 12.6 Å². The molecule has 0 spiro atoms. The lowest BCUT2D eigenvalue weighted by Crippen LogP contribution is -2.08. The number of fused-ring (bicyclic) bond motifs is 4. The molecule has 0 saturated heterocycles. The van der Waals surface area contributed by atoms with Crippen molar-refractivity contribution in [2.45, 2.75) is 25.2 Å².